The van der Waals surface area contributed by atoms with Crippen molar-refractivity contribution in [1.82, 2.24) is 5.32 Å². The lowest BCUT2D eigenvalue weighted by atomic mass is 10.0. The molecule has 1 amide bonds. The number of allylic oxidation sites excluding steroid dienone is 1. The minimum absolute atomic E-state index is 0.103. The highest BCUT2D eigenvalue weighted by Gasteiger charge is 2.15. The second-order valence-corrected chi connectivity index (χ2v) is 5.06. The minimum Gasteiger partial charge on any atom is -0.354 e. The Kier molecular flexibility index (Phi) is 3.32. The summed E-state index contributed by atoms with van der Waals surface area (Å²) in [5.41, 5.74) is 5.11. The van der Waals surface area contributed by atoms with Crippen LogP contribution in [0, 0.1) is 0 Å². The number of amides is 1. The highest BCUT2D eigenvalue weighted by Crippen LogP contribution is 2.27. The van der Waals surface area contributed by atoms with E-state index in [-0.39, 0.29) is 11.9 Å². The van der Waals surface area contributed by atoms with Crippen LogP contribution in [0.2, 0.25) is 0 Å². The molecule has 1 aliphatic rings. The Morgan fingerprint density at radius 1 is 1.41 bits per heavy atom. The second kappa shape index (κ2) is 4.74. The Balaban J connectivity index is 2.18. The van der Waals surface area contributed by atoms with Crippen molar-refractivity contribution in [3.8, 4) is 0 Å². The highest BCUT2D eigenvalue weighted by atomic mass is 16.1. The third kappa shape index (κ3) is 2.76. The fraction of sp³-hybridized carbons (Fsp3) is 0.400. The summed E-state index contributed by atoms with van der Waals surface area (Å²) < 4.78 is 0. The summed E-state index contributed by atoms with van der Waals surface area (Å²) in [5, 5.41) is 2.93. The Morgan fingerprint density at radius 2 is 2.18 bits per heavy atom. The number of carbonyl (C=O) groups is 1. The molecule has 0 unspecified atom stereocenters. The molecule has 0 spiro atoms. The lowest BCUT2D eigenvalue weighted by molar-refractivity contribution is -0.120. The van der Waals surface area contributed by atoms with Gasteiger partial charge in [0.15, 0.2) is 0 Å². The molecule has 17 heavy (non-hydrogen) atoms. The molecule has 0 aliphatic heterocycles. The first-order valence-electron chi connectivity index (χ1n) is 6.13. The fourth-order valence-electron chi connectivity index (χ4n) is 2.30. The van der Waals surface area contributed by atoms with Gasteiger partial charge in [-0.1, -0.05) is 29.8 Å². The molecule has 0 aromatic heterocycles. The largest absolute Gasteiger partial charge is 0.354 e. The van der Waals surface area contributed by atoms with E-state index in [1.807, 2.05) is 26.0 Å². The van der Waals surface area contributed by atoms with Crippen molar-refractivity contribution >= 4 is 12.0 Å². The van der Waals surface area contributed by atoms with Gasteiger partial charge in [-0.05, 0) is 43.9 Å². The number of benzene rings is 1. The fourth-order valence-corrected chi connectivity index (χ4v) is 2.30. The summed E-state index contributed by atoms with van der Waals surface area (Å²) in [5.74, 6) is 0.103. The number of rotatable bonds is 3. The van der Waals surface area contributed by atoms with E-state index in [4.69, 9.17) is 0 Å². The van der Waals surface area contributed by atoms with Gasteiger partial charge in [-0.25, -0.2) is 0 Å². The van der Waals surface area contributed by atoms with E-state index in [1.165, 1.54) is 16.7 Å². The summed E-state index contributed by atoms with van der Waals surface area (Å²) in [6.07, 6.45) is 3.70. The van der Waals surface area contributed by atoms with Crippen LogP contribution >= 0.6 is 0 Å². The Bertz CT molecular complexity index is 472. The molecule has 0 heterocycles. The number of carbonyl (C=O) groups excluding carboxylic acids is 1. The topological polar surface area (TPSA) is 29.1 Å². The summed E-state index contributed by atoms with van der Waals surface area (Å²) in [7, 11) is 0. The van der Waals surface area contributed by atoms with Crippen molar-refractivity contribution in [3.05, 3.63) is 40.5 Å². The van der Waals surface area contributed by atoms with E-state index in [2.05, 4.69) is 24.4 Å². The van der Waals surface area contributed by atoms with Crippen LogP contribution in [0.15, 0.2) is 23.8 Å². The molecule has 0 bridgehead atoms. The average Bonchev–Trinajstić information content (AvgIpc) is 2.58. The smallest absolute Gasteiger partial charge is 0.224 e. The van der Waals surface area contributed by atoms with Gasteiger partial charge in [0.2, 0.25) is 5.91 Å². The zero-order valence-corrected chi connectivity index (χ0v) is 10.7. The molecule has 0 atom stereocenters. The van der Waals surface area contributed by atoms with Gasteiger partial charge in [0.25, 0.3) is 0 Å². The third-order valence-electron chi connectivity index (χ3n) is 2.95. The number of hydrogen-bond acceptors (Lipinski definition) is 1. The number of nitrogens with one attached hydrogen (secondary N) is 1. The molecular formula is C15H19NO. The molecule has 0 fully saturated rings. The predicted molar refractivity (Wildman–Crippen MR) is 70.8 cm³/mol. The molecule has 1 aromatic carbocycles. The van der Waals surface area contributed by atoms with E-state index >= 15 is 0 Å². The molecule has 1 aliphatic carbocycles. The third-order valence-corrected chi connectivity index (χ3v) is 2.95. The van der Waals surface area contributed by atoms with Gasteiger partial charge >= 0.3 is 0 Å². The van der Waals surface area contributed by atoms with Crippen LogP contribution in [-0.4, -0.2) is 11.9 Å². The highest BCUT2D eigenvalue weighted by molar-refractivity contribution is 5.81. The molecule has 2 nitrogen and oxygen atoms in total. The first kappa shape index (κ1) is 11.9. The number of fused-ring (bicyclic) bond motifs is 1. The van der Waals surface area contributed by atoms with Crippen molar-refractivity contribution in [1.29, 1.82) is 0 Å². The van der Waals surface area contributed by atoms with Gasteiger partial charge in [0.1, 0.15) is 0 Å². The van der Waals surface area contributed by atoms with Crippen LogP contribution in [-0.2, 0) is 17.6 Å². The van der Waals surface area contributed by atoms with Crippen molar-refractivity contribution in [3.63, 3.8) is 0 Å². The maximum atomic E-state index is 11.8. The SMILES string of the molecule is CC1=Cc2c(CC(=O)NC(C)C)cccc2C1. The van der Waals surface area contributed by atoms with Crippen molar-refractivity contribution < 1.29 is 4.79 Å². The summed E-state index contributed by atoms with van der Waals surface area (Å²) in [4.78, 5) is 11.8. The molecule has 2 heteroatoms. The summed E-state index contributed by atoms with van der Waals surface area (Å²) in [6, 6.07) is 6.44. The van der Waals surface area contributed by atoms with Crippen molar-refractivity contribution in [2.45, 2.75) is 39.7 Å². The zero-order chi connectivity index (χ0) is 12.4. The van der Waals surface area contributed by atoms with E-state index in [0.717, 1.165) is 12.0 Å². The molecule has 90 valence electrons. The van der Waals surface area contributed by atoms with Crippen molar-refractivity contribution in [2.75, 3.05) is 0 Å². The van der Waals surface area contributed by atoms with Gasteiger partial charge in [-0.3, -0.25) is 4.79 Å². The molecular weight excluding hydrogens is 210 g/mol. The molecule has 0 radical (unpaired) electrons. The van der Waals surface area contributed by atoms with E-state index in [1.54, 1.807) is 0 Å². The van der Waals surface area contributed by atoms with Crippen LogP contribution in [0.3, 0.4) is 0 Å². The maximum absolute atomic E-state index is 11.8. The molecule has 0 saturated carbocycles. The van der Waals surface area contributed by atoms with Crippen LogP contribution in [0.1, 0.15) is 37.5 Å². The van der Waals surface area contributed by atoms with Crippen molar-refractivity contribution in [2.24, 2.45) is 0 Å². The monoisotopic (exact) mass is 229 g/mol. The van der Waals surface area contributed by atoms with Gasteiger partial charge in [0, 0.05) is 6.04 Å². The Morgan fingerprint density at radius 3 is 2.88 bits per heavy atom. The van der Waals surface area contributed by atoms with Crippen LogP contribution in [0.5, 0.6) is 0 Å². The average molecular weight is 229 g/mol. The first-order chi connectivity index (χ1) is 8.06. The summed E-state index contributed by atoms with van der Waals surface area (Å²) >= 11 is 0. The normalized spacial score (nSPS) is 13.5. The van der Waals surface area contributed by atoms with Crippen LogP contribution in [0.4, 0.5) is 0 Å². The standard InChI is InChI=1S/C15H19NO/c1-10(2)16-15(17)9-13-6-4-5-12-7-11(3)8-14(12)13/h4-6,8,10H,7,9H2,1-3H3,(H,16,17). The number of hydrogen-bond donors (Lipinski definition) is 1. The molecule has 1 aromatic rings. The quantitative estimate of drug-likeness (QED) is 0.848. The van der Waals surface area contributed by atoms with E-state index in [0.29, 0.717) is 6.42 Å². The second-order valence-electron chi connectivity index (χ2n) is 5.06. The van der Waals surface area contributed by atoms with Gasteiger partial charge < -0.3 is 5.32 Å². The summed E-state index contributed by atoms with van der Waals surface area (Å²) in [6.45, 7) is 6.10. The Hall–Kier alpha value is -1.57. The maximum Gasteiger partial charge on any atom is 0.224 e. The Labute approximate surface area is 103 Å². The lowest BCUT2D eigenvalue weighted by Gasteiger charge is -2.10. The molecule has 2 rings (SSSR count). The van der Waals surface area contributed by atoms with E-state index < -0.39 is 0 Å². The van der Waals surface area contributed by atoms with Gasteiger partial charge in [-0.15, -0.1) is 0 Å². The van der Waals surface area contributed by atoms with Crippen LogP contribution in [0.25, 0.3) is 6.08 Å². The molecule has 0 saturated heterocycles. The predicted octanol–water partition coefficient (Wildman–Crippen LogP) is 2.71. The lowest BCUT2D eigenvalue weighted by Crippen LogP contribution is -2.31. The first-order valence-corrected chi connectivity index (χ1v) is 6.13. The van der Waals surface area contributed by atoms with Gasteiger partial charge in [-0.2, -0.15) is 0 Å². The zero-order valence-electron chi connectivity index (χ0n) is 10.7. The van der Waals surface area contributed by atoms with Gasteiger partial charge in [0.05, 0.1) is 6.42 Å². The molecule has 1 N–H and O–H groups in total. The van der Waals surface area contributed by atoms with Crippen LogP contribution < -0.4 is 5.32 Å². The van der Waals surface area contributed by atoms with E-state index in [9.17, 15) is 4.79 Å². The minimum atomic E-state index is 0.103.